The summed E-state index contributed by atoms with van der Waals surface area (Å²) in [7, 11) is 3.93. The maximum atomic E-state index is 13.7. The number of rotatable bonds is 3. The molecule has 0 spiro atoms. The van der Waals surface area contributed by atoms with Crippen LogP contribution in [-0.2, 0) is 0 Å². The highest BCUT2D eigenvalue weighted by Gasteiger charge is 2.06. The van der Waals surface area contributed by atoms with Gasteiger partial charge in [-0.3, -0.25) is 0 Å². The molecule has 2 rings (SSSR count). The molecule has 0 radical (unpaired) electrons. The quantitative estimate of drug-likeness (QED) is 0.621. The Morgan fingerprint density at radius 1 is 1.10 bits per heavy atom. The molecule has 20 heavy (non-hydrogen) atoms. The third kappa shape index (κ3) is 3.04. The molecule has 0 bridgehead atoms. The lowest BCUT2D eigenvalue weighted by molar-refractivity contribution is 0.624. The number of hydrogen-bond acceptors (Lipinski definition) is 2. The van der Waals surface area contributed by atoms with Gasteiger partial charge in [0.1, 0.15) is 5.82 Å². The second-order valence-electron chi connectivity index (χ2n) is 4.64. The van der Waals surface area contributed by atoms with Gasteiger partial charge in [0, 0.05) is 25.3 Å². The minimum atomic E-state index is -0.384. The summed E-state index contributed by atoms with van der Waals surface area (Å²) in [5.74, 6) is -0.384. The second-order valence-corrected chi connectivity index (χ2v) is 4.64. The molecule has 0 atom stereocenters. The van der Waals surface area contributed by atoms with Crippen LogP contribution in [0.1, 0.15) is 11.1 Å². The van der Waals surface area contributed by atoms with Gasteiger partial charge in [-0.25, -0.2) is 4.39 Å². The summed E-state index contributed by atoms with van der Waals surface area (Å²) >= 11 is 0. The van der Waals surface area contributed by atoms with Crippen LogP contribution >= 0.6 is 0 Å². The van der Waals surface area contributed by atoms with Gasteiger partial charge in [-0.15, -0.1) is 0 Å². The van der Waals surface area contributed by atoms with Crippen LogP contribution in [0.3, 0.4) is 0 Å². The molecule has 2 aromatic carbocycles. The average molecular weight is 266 g/mol. The Morgan fingerprint density at radius 2 is 1.75 bits per heavy atom. The fraction of sp³-hybridized carbons (Fsp3) is 0.118. The van der Waals surface area contributed by atoms with Gasteiger partial charge in [0.2, 0.25) is 0 Å². The van der Waals surface area contributed by atoms with Crippen molar-refractivity contribution >= 4 is 17.3 Å². The molecule has 2 nitrogen and oxygen atoms in total. The van der Waals surface area contributed by atoms with E-state index in [9.17, 15) is 9.65 Å². The SMILES string of the molecule is CN(C)c1ccc(/C=C(/C#N)c2ccccc2F)cc1. The van der Waals surface area contributed by atoms with Crippen molar-refractivity contribution in [1.82, 2.24) is 0 Å². The fourth-order valence-corrected chi connectivity index (χ4v) is 1.89. The number of anilines is 1. The van der Waals surface area contributed by atoms with Gasteiger partial charge >= 0.3 is 0 Å². The predicted molar refractivity (Wildman–Crippen MR) is 80.7 cm³/mol. The topological polar surface area (TPSA) is 27.0 Å². The number of allylic oxidation sites excluding steroid dienone is 1. The van der Waals surface area contributed by atoms with E-state index in [1.54, 1.807) is 24.3 Å². The minimum absolute atomic E-state index is 0.320. The normalized spacial score (nSPS) is 11.0. The second kappa shape index (κ2) is 6.03. The van der Waals surface area contributed by atoms with Gasteiger partial charge in [0.05, 0.1) is 11.6 Å². The van der Waals surface area contributed by atoms with Crippen molar-refractivity contribution in [2.24, 2.45) is 0 Å². The van der Waals surface area contributed by atoms with E-state index in [1.165, 1.54) is 6.07 Å². The summed E-state index contributed by atoms with van der Waals surface area (Å²) in [5, 5.41) is 9.21. The van der Waals surface area contributed by atoms with E-state index in [0.717, 1.165) is 11.3 Å². The number of benzene rings is 2. The standard InChI is InChI=1S/C17H15FN2/c1-20(2)15-9-7-13(8-10-15)11-14(12-19)16-5-3-4-6-17(16)18/h3-11H,1-2H3/b14-11-. The van der Waals surface area contributed by atoms with Crippen molar-refractivity contribution in [3.8, 4) is 6.07 Å². The van der Waals surface area contributed by atoms with Crippen molar-refractivity contribution in [3.05, 3.63) is 65.5 Å². The summed E-state index contributed by atoms with van der Waals surface area (Å²) < 4.78 is 13.7. The van der Waals surface area contributed by atoms with Gasteiger partial charge in [0.25, 0.3) is 0 Å². The van der Waals surface area contributed by atoms with Gasteiger partial charge in [-0.05, 0) is 29.8 Å². The van der Waals surface area contributed by atoms with Crippen LogP contribution in [0.4, 0.5) is 10.1 Å². The molecular weight excluding hydrogens is 251 g/mol. The zero-order valence-electron chi connectivity index (χ0n) is 11.5. The molecular formula is C17H15FN2. The summed E-state index contributed by atoms with van der Waals surface area (Å²) in [6.07, 6.45) is 1.69. The molecule has 0 fully saturated rings. The van der Waals surface area contributed by atoms with Crippen LogP contribution in [-0.4, -0.2) is 14.1 Å². The van der Waals surface area contributed by atoms with Crippen LogP contribution < -0.4 is 4.90 Å². The Balaban J connectivity index is 2.37. The molecule has 0 N–H and O–H groups in total. The summed E-state index contributed by atoms with van der Waals surface area (Å²) in [6, 6.07) is 16.1. The van der Waals surface area contributed by atoms with Gasteiger partial charge < -0.3 is 4.90 Å². The summed E-state index contributed by atoms with van der Waals surface area (Å²) in [5.41, 5.74) is 2.59. The van der Waals surface area contributed by atoms with Crippen LogP contribution in [0.25, 0.3) is 11.6 Å². The smallest absolute Gasteiger partial charge is 0.131 e. The van der Waals surface area contributed by atoms with E-state index in [4.69, 9.17) is 0 Å². The zero-order chi connectivity index (χ0) is 14.5. The lowest BCUT2D eigenvalue weighted by Gasteiger charge is -2.12. The monoisotopic (exact) mass is 266 g/mol. The van der Waals surface area contributed by atoms with Crippen LogP contribution in [0.2, 0.25) is 0 Å². The first kappa shape index (κ1) is 13.8. The maximum Gasteiger partial charge on any atom is 0.131 e. The Morgan fingerprint density at radius 3 is 2.30 bits per heavy atom. The molecule has 0 unspecified atom stereocenters. The highest BCUT2D eigenvalue weighted by atomic mass is 19.1. The molecule has 3 heteroatoms. The lowest BCUT2D eigenvalue weighted by Crippen LogP contribution is -2.07. The van der Waals surface area contributed by atoms with Crippen LogP contribution in [0.15, 0.2) is 48.5 Å². The first-order valence-corrected chi connectivity index (χ1v) is 6.26. The van der Waals surface area contributed by atoms with Gasteiger partial charge in [0.15, 0.2) is 0 Å². The first-order valence-electron chi connectivity index (χ1n) is 6.26. The van der Waals surface area contributed by atoms with Crippen molar-refractivity contribution in [2.45, 2.75) is 0 Å². The molecule has 0 saturated carbocycles. The number of nitriles is 1. The van der Waals surface area contributed by atoms with E-state index < -0.39 is 0 Å². The van der Waals surface area contributed by atoms with Crippen LogP contribution in [0.5, 0.6) is 0 Å². The third-order valence-corrected chi connectivity index (χ3v) is 3.00. The number of hydrogen-bond donors (Lipinski definition) is 0. The maximum absolute atomic E-state index is 13.7. The van der Waals surface area contributed by atoms with Crippen molar-refractivity contribution in [1.29, 1.82) is 5.26 Å². The Hall–Kier alpha value is -2.60. The summed E-state index contributed by atoms with van der Waals surface area (Å²) in [4.78, 5) is 2.00. The van der Waals surface area contributed by atoms with E-state index in [0.29, 0.717) is 11.1 Å². The summed E-state index contributed by atoms with van der Waals surface area (Å²) in [6.45, 7) is 0. The fourth-order valence-electron chi connectivity index (χ4n) is 1.89. The first-order chi connectivity index (χ1) is 9.61. The zero-order valence-corrected chi connectivity index (χ0v) is 11.5. The van der Waals surface area contributed by atoms with E-state index in [1.807, 2.05) is 43.3 Å². The Kier molecular flexibility index (Phi) is 4.17. The van der Waals surface area contributed by atoms with E-state index in [-0.39, 0.29) is 5.82 Å². The van der Waals surface area contributed by atoms with Crippen molar-refractivity contribution in [2.75, 3.05) is 19.0 Å². The number of nitrogens with zero attached hydrogens (tertiary/aromatic N) is 2. The number of halogens is 1. The molecule has 0 aromatic heterocycles. The molecule has 0 aliphatic heterocycles. The third-order valence-electron chi connectivity index (χ3n) is 3.00. The molecule has 100 valence electrons. The Bertz CT molecular complexity index is 664. The highest BCUT2D eigenvalue weighted by molar-refractivity contribution is 5.89. The van der Waals surface area contributed by atoms with E-state index in [2.05, 4.69) is 6.07 Å². The lowest BCUT2D eigenvalue weighted by atomic mass is 10.0. The minimum Gasteiger partial charge on any atom is -0.378 e. The molecule has 2 aromatic rings. The molecule has 0 aliphatic carbocycles. The van der Waals surface area contributed by atoms with Crippen molar-refractivity contribution < 1.29 is 4.39 Å². The van der Waals surface area contributed by atoms with Gasteiger partial charge in [-0.2, -0.15) is 5.26 Å². The molecule has 0 aliphatic rings. The van der Waals surface area contributed by atoms with E-state index >= 15 is 0 Å². The van der Waals surface area contributed by atoms with Crippen LogP contribution in [0, 0.1) is 17.1 Å². The molecule has 0 amide bonds. The van der Waals surface area contributed by atoms with Gasteiger partial charge in [-0.1, -0.05) is 30.3 Å². The Labute approximate surface area is 118 Å². The highest BCUT2D eigenvalue weighted by Crippen LogP contribution is 2.21. The largest absolute Gasteiger partial charge is 0.378 e. The average Bonchev–Trinajstić information content (AvgIpc) is 2.46. The molecule has 0 saturated heterocycles. The predicted octanol–water partition coefficient (Wildman–Crippen LogP) is 3.96. The molecule has 0 heterocycles. The van der Waals surface area contributed by atoms with Crippen molar-refractivity contribution in [3.63, 3.8) is 0 Å².